The summed E-state index contributed by atoms with van der Waals surface area (Å²) < 4.78 is 13.4. The molecule has 25 heavy (non-hydrogen) atoms. The van der Waals surface area contributed by atoms with E-state index in [-0.39, 0.29) is 42.6 Å². The lowest BCUT2D eigenvalue weighted by atomic mass is 10.0. The monoisotopic (exact) mass is 387 g/mol. The Bertz CT molecular complexity index is 710. The Morgan fingerprint density at radius 1 is 1.20 bits per heavy atom. The van der Waals surface area contributed by atoms with Crippen molar-refractivity contribution in [2.24, 2.45) is 0 Å². The first kappa shape index (κ1) is 23.2. The van der Waals surface area contributed by atoms with E-state index in [0.29, 0.717) is 17.8 Å². The first-order valence-electron chi connectivity index (χ1n) is 7.44. The molecule has 1 amide bonds. The molecule has 2 rings (SSSR count). The molecule has 0 aliphatic carbocycles. The Labute approximate surface area is 160 Å². The normalized spacial score (nSPS) is 11.2. The van der Waals surface area contributed by atoms with Gasteiger partial charge >= 0.3 is 0 Å². The number of nitrogen functional groups attached to an aromatic ring is 1. The number of anilines is 1. The molecule has 0 aliphatic rings. The number of amides is 1. The van der Waals surface area contributed by atoms with Crippen LogP contribution in [0.3, 0.4) is 0 Å². The fourth-order valence-corrected chi connectivity index (χ4v) is 2.48. The van der Waals surface area contributed by atoms with Gasteiger partial charge in [0.05, 0.1) is 6.04 Å². The van der Waals surface area contributed by atoms with E-state index in [0.717, 1.165) is 11.1 Å². The molecule has 1 atom stereocenters. The highest BCUT2D eigenvalue weighted by atomic mass is 35.5. The molecule has 2 aromatic rings. The van der Waals surface area contributed by atoms with E-state index >= 15 is 0 Å². The Hall–Kier alpha value is -1.82. The van der Waals surface area contributed by atoms with Gasteiger partial charge in [0.1, 0.15) is 5.82 Å². The number of aryl methyl sites for hydroxylation is 1. The predicted octanol–water partition coefficient (Wildman–Crippen LogP) is 3.59. The lowest BCUT2D eigenvalue weighted by Crippen LogP contribution is -2.34. The van der Waals surface area contributed by atoms with E-state index in [1.807, 2.05) is 38.1 Å². The molecular formula is C18H24Cl2FN3O. The number of benzene rings is 2. The van der Waals surface area contributed by atoms with Crippen molar-refractivity contribution in [2.45, 2.75) is 13.0 Å². The first-order chi connectivity index (χ1) is 10.9. The molecule has 7 heteroatoms. The van der Waals surface area contributed by atoms with Gasteiger partial charge in [-0.1, -0.05) is 18.2 Å². The van der Waals surface area contributed by atoms with Gasteiger partial charge in [-0.2, -0.15) is 0 Å². The van der Waals surface area contributed by atoms with Crippen LogP contribution in [0.5, 0.6) is 0 Å². The van der Waals surface area contributed by atoms with E-state index < -0.39 is 0 Å². The lowest BCUT2D eigenvalue weighted by molar-refractivity contribution is 0.0941. The number of hydrogen-bond acceptors (Lipinski definition) is 3. The zero-order chi connectivity index (χ0) is 17.0. The highest BCUT2D eigenvalue weighted by molar-refractivity contribution is 5.96. The van der Waals surface area contributed by atoms with Gasteiger partial charge in [-0.3, -0.25) is 4.79 Å². The third kappa shape index (κ3) is 6.20. The Kier molecular flexibility index (Phi) is 9.49. The molecule has 0 saturated carbocycles. The minimum Gasteiger partial charge on any atom is -0.399 e. The topological polar surface area (TPSA) is 58.4 Å². The number of halogens is 3. The van der Waals surface area contributed by atoms with Crippen molar-refractivity contribution in [1.82, 2.24) is 10.2 Å². The molecule has 138 valence electrons. The van der Waals surface area contributed by atoms with Crippen LogP contribution < -0.4 is 11.1 Å². The largest absolute Gasteiger partial charge is 0.399 e. The zero-order valence-corrected chi connectivity index (χ0v) is 16.1. The lowest BCUT2D eigenvalue weighted by Gasteiger charge is -2.25. The molecule has 3 N–H and O–H groups in total. The summed E-state index contributed by atoms with van der Waals surface area (Å²) in [4.78, 5) is 14.3. The first-order valence-corrected chi connectivity index (χ1v) is 7.44. The summed E-state index contributed by atoms with van der Waals surface area (Å²) in [6.45, 7) is 2.24. The standard InChI is InChI=1S/C18H22FN3O.2ClH/c1-12-7-8-15(20)10-16(12)18(23)21-11-17(22(2)3)13-5-4-6-14(19)9-13;;/h4-10,17H,11,20H2,1-3H3,(H,21,23);2*1H. The molecule has 0 aromatic heterocycles. The van der Waals surface area contributed by atoms with Crippen LogP contribution in [0.15, 0.2) is 42.5 Å². The van der Waals surface area contributed by atoms with Crippen LogP contribution in [0.4, 0.5) is 10.1 Å². The number of hydrogen-bond donors (Lipinski definition) is 2. The Morgan fingerprint density at radius 3 is 2.48 bits per heavy atom. The fourth-order valence-electron chi connectivity index (χ4n) is 2.48. The highest BCUT2D eigenvalue weighted by Crippen LogP contribution is 2.19. The van der Waals surface area contributed by atoms with Gasteiger partial charge in [-0.15, -0.1) is 24.8 Å². The van der Waals surface area contributed by atoms with Crippen molar-refractivity contribution >= 4 is 36.4 Å². The van der Waals surface area contributed by atoms with E-state index in [9.17, 15) is 9.18 Å². The van der Waals surface area contributed by atoms with E-state index in [4.69, 9.17) is 5.73 Å². The minimum absolute atomic E-state index is 0. The van der Waals surface area contributed by atoms with Crippen LogP contribution in [0.2, 0.25) is 0 Å². The maximum atomic E-state index is 13.4. The molecule has 0 fully saturated rings. The van der Waals surface area contributed by atoms with Gasteiger partial charge in [0, 0.05) is 17.8 Å². The number of rotatable bonds is 5. The third-order valence-electron chi connectivity index (χ3n) is 3.82. The van der Waals surface area contributed by atoms with Crippen molar-refractivity contribution in [1.29, 1.82) is 0 Å². The van der Waals surface area contributed by atoms with Crippen molar-refractivity contribution < 1.29 is 9.18 Å². The van der Waals surface area contributed by atoms with Crippen LogP contribution in [-0.2, 0) is 0 Å². The number of nitrogens with two attached hydrogens (primary N) is 1. The van der Waals surface area contributed by atoms with Crippen molar-refractivity contribution in [3.05, 3.63) is 65.0 Å². The number of carbonyl (C=O) groups is 1. The highest BCUT2D eigenvalue weighted by Gasteiger charge is 2.17. The second-order valence-corrected chi connectivity index (χ2v) is 5.82. The fraction of sp³-hybridized carbons (Fsp3) is 0.278. The average Bonchev–Trinajstić information content (AvgIpc) is 2.49. The smallest absolute Gasteiger partial charge is 0.251 e. The van der Waals surface area contributed by atoms with Crippen LogP contribution in [-0.4, -0.2) is 31.4 Å². The summed E-state index contributed by atoms with van der Waals surface area (Å²) in [6, 6.07) is 11.6. The van der Waals surface area contributed by atoms with Gasteiger partial charge < -0.3 is 16.0 Å². The summed E-state index contributed by atoms with van der Waals surface area (Å²) in [6.07, 6.45) is 0. The molecule has 0 spiro atoms. The van der Waals surface area contributed by atoms with Crippen molar-refractivity contribution in [2.75, 3.05) is 26.4 Å². The Balaban J connectivity index is 0.00000288. The number of carbonyl (C=O) groups excluding carboxylic acids is 1. The molecule has 0 saturated heterocycles. The molecule has 0 aliphatic heterocycles. The summed E-state index contributed by atoms with van der Waals surface area (Å²) in [7, 11) is 3.79. The Morgan fingerprint density at radius 2 is 1.88 bits per heavy atom. The van der Waals surface area contributed by atoms with Crippen molar-refractivity contribution in [3.63, 3.8) is 0 Å². The number of likely N-dealkylation sites (N-methyl/N-ethyl adjacent to an activating group) is 1. The van der Waals surface area contributed by atoms with E-state index in [1.165, 1.54) is 12.1 Å². The van der Waals surface area contributed by atoms with Gasteiger partial charge in [0.25, 0.3) is 5.91 Å². The maximum absolute atomic E-state index is 13.4. The minimum atomic E-state index is -0.285. The predicted molar refractivity (Wildman–Crippen MR) is 105 cm³/mol. The van der Waals surface area contributed by atoms with Crippen LogP contribution in [0.25, 0.3) is 0 Å². The molecule has 1 unspecified atom stereocenters. The number of nitrogens with zero attached hydrogens (tertiary/aromatic N) is 1. The van der Waals surface area contributed by atoms with Crippen LogP contribution >= 0.6 is 24.8 Å². The molecule has 2 aromatic carbocycles. The van der Waals surface area contributed by atoms with E-state index in [2.05, 4.69) is 5.32 Å². The summed E-state index contributed by atoms with van der Waals surface area (Å²) >= 11 is 0. The SMILES string of the molecule is Cc1ccc(N)cc1C(=O)NCC(c1cccc(F)c1)N(C)C.Cl.Cl. The molecule has 0 heterocycles. The van der Waals surface area contributed by atoms with Gasteiger partial charge in [-0.05, 0) is 56.4 Å². The third-order valence-corrected chi connectivity index (χ3v) is 3.82. The average molecular weight is 388 g/mol. The quantitative estimate of drug-likeness (QED) is 0.770. The molecule has 0 bridgehead atoms. The second kappa shape index (κ2) is 10.2. The zero-order valence-electron chi connectivity index (χ0n) is 14.5. The summed E-state index contributed by atoms with van der Waals surface area (Å²) in [5.74, 6) is -0.467. The summed E-state index contributed by atoms with van der Waals surface area (Å²) in [5.41, 5.74) is 8.54. The van der Waals surface area contributed by atoms with Crippen LogP contribution in [0, 0.1) is 12.7 Å². The number of nitrogens with one attached hydrogen (secondary N) is 1. The van der Waals surface area contributed by atoms with Gasteiger partial charge in [0.15, 0.2) is 0 Å². The summed E-state index contributed by atoms with van der Waals surface area (Å²) in [5, 5.41) is 2.91. The van der Waals surface area contributed by atoms with E-state index in [1.54, 1.807) is 18.2 Å². The van der Waals surface area contributed by atoms with Crippen molar-refractivity contribution in [3.8, 4) is 0 Å². The maximum Gasteiger partial charge on any atom is 0.251 e. The van der Waals surface area contributed by atoms with Gasteiger partial charge in [0.2, 0.25) is 0 Å². The van der Waals surface area contributed by atoms with Gasteiger partial charge in [-0.25, -0.2) is 4.39 Å². The molecule has 0 radical (unpaired) electrons. The van der Waals surface area contributed by atoms with Crippen LogP contribution in [0.1, 0.15) is 27.5 Å². The second-order valence-electron chi connectivity index (χ2n) is 5.82. The molecule has 4 nitrogen and oxygen atoms in total. The molecular weight excluding hydrogens is 364 g/mol.